The van der Waals surface area contributed by atoms with Gasteiger partial charge in [0.25, 0.3) is 0 Å². The molecule has 0 radical (unpaired) electrons. The van der Waals surface area contributed by atoms with Gasteiger partial charge in [-0.2, -0.15) is 0 Å². The summed E-state index contributed by atoms with van der Waals surface area (Å²) >= 11 is 0. The fourth-order valence-corrected chi connectivity index (χ4v) is 3.95. The smallest absolute Gasteiger partial charge is 0.225 e. The SMILES string of the molecule is CCNC(=NCCC(=O)N1CCN(c2ncccn2)CC1)NC1CCC(C)CC1.I. The summed E-state index contributed by atoms with van der Waals surface area (Å²) in [5, 5.41) is 6.86. The van der Waals surface area contributed by atoms with Crippen LogP contribution in [0.1, 0.15) is 46.0 Å². The van der Waals surface area contributed by atoms with Crippen LogP contribution in [0.4, 0.5) is 5.95 Å². The van der Waals surface area contributed by atoms with Gasteiger partial charge in [0.2, 0.25) is 11.9 Å². The zero-order valence-corrected chi connectivity index (χ0v) is 20.5. The lowest BCUT2D eigenvalue weighted by atomic mass is 9.87. The number of carbonyl (C=O) groups is 1. The van der Waals surface area contributed by atoms with Crippen molar-refractivity contribution in [1.82, 2.24) is 25.5 Å². The van der Waals surface area contributed by atoms with E-state index in [0.717, 1.165) is 37.5 Å². The molecular formula is C21H36IN7O. The topological polar surface area (TPSA) is 85.8 Å². The minimum absolute atomic E-state index is 0. The number of guanidine groups is 1. The quantitative estimate of drug-likeness (QED) is 0.334. The Hall–Kier alpha value is -1.65. The minimum atomic E-state index is 0. The molecule has 0 bridgehead atoms. The first-order chi connectivity index (χ1) is 14.2. The zero-order chi connectivity index (χ0) is 20.5. The third-order valence-electron chi connectivity index (χ3n) is 5.76. The standard InChI is InChI=1S/C21H35N7O.HI/c1-3-22-20(26-18-7-5-17(2)6-8-18)23-12-9-19(29)27-13-15-28(16-14-27)21-24-10-4-11-25-21;/h4,10-11,17-18H,3,5-9,12-16H2,1-2H3,(H2,22,23,26);1H. The molecule has 1 saturated carbocycles. The minimum Gasteiger partial charge on any atom is -0.357 e. The molecule has 2 heterocycles. The Kier molecular flexibility index (Phi) is 10.6. The van der Waals surface area contributed by atoms with Crippen molar-refractivity contribution in [3.8, 4) is 0 Å². The fourth-order valence-electron chi connectivity index (χ4n) is 3.95. The molecule has 1 aliphatic carbocycles. The van der Waals surface area contributed by atoms with E-state index in [1.54, 1.807) is 12.4 Å². The van der Waals surface area contributed by atoms with Crippen LogP contribution in [0, 0.1) is 5.92 Å². The van der Waals surface area contributed by atoms with Gasteiger partial charge in [0.05, 0.1) is 6.54 Å². The molecule has 0 unspecified atom stereocenters. The molecule has 3 rings (SSSR count). The number of anilines is 1. The van der Waals surface area contributed by atoms with Gasteiger partial charge in [-0.15, -0.1) is 24.0 Å². The summed E-state index contributed by atoms with van der Waals surface area (Å²) in [5.74, 6) is 2.58. The molecule has 1 amide bonds. The van der Waals surface area contributed by atoms with E-state index >= 15 is 0 Å². The molecule has 1 saturated heterocycles. The van der Waals surface area contributed by atoms with Crippen molar-refractivity contribution in [2.45, 2.75) is 52.0 Å². The lowest BCUT2D eigenvalue weighted by molar-refractivity contribution is -0.131. The number of nitrogens with zero attached hydrogens (tertiary/aromatic N) is 5. The maximum atomic E-state index is 12.6. The molecule has 0 atom stereocenters. The summed E-state index contributed by atoms with van der Waals surface area (Å²) in [6.45, 7) is 8.69. The molecule has 2 aliphatic rings. The Morgan fingerprint density at radius 1 is 1.13 bits per heavy atom. The van der Waals surface area contributed by atoms with Gasteiger partial charge < -0.3 is 20.4 Å². The molecule has 168 valence electrons. The first-order valence-electron chi connectivity index (χ1n) is 11.0. The third kappa shape index (κ3) is 7.55. The number of hydrogen-bond acceptors (Lipinski definition) is 5. The van der Waals surface area contributed by atoms with Crippen molar-refractivity contribution >= 4 is 41.8 Å². The molecule has 2 fully saturated rings. The monoisotopic (exact) mass is 529 g/mol. The lowest BCUT2D eigenvalue weighted by Crippen LogP contribution is -2.49. The number of nitrogens with one attached hydrogen (secondary N) is 2. The summed E-state index contributed by atoms with van der Waals surface area (Å²) in [6.07, 6.45) is 8.88. The van der Waals surface area contributed by atoms with Crippen molar-refractivity contribution in [3.63, 3.8) is 0 Å². The number of halogens is 1. The van der Waals surface area contributed by atoms with Crippen LogP contribution in [0.3, 0.4) is 0 Å². The second-order valence-electron chi connectivity index (χ2n) is 8.03. The van der Waals surface area contributed by atoms with Gasteiger partial charge in [0.15, 0.2) is 5.96 Å². The predicted molar refractivity (Wildman–Crippen MR) is 131 cm³/mol. The second kappa shape index (κ2) is 12.9. The molecule has 9 heteroatoms. The van der Waals surface area contributed by atoms with Crippen LogP contribution in [0.5, 0.6) is 0 Å². The maximum absolute atomic E-state index is 12.6. The summed E-state index contributed by atoms with van der Waals surface area (Å²) in [6, 6.07) is 2.31. The third-order valence-corrected chi connectivity index (χ3v) is 5.76. The highest BCUT2D eigenvalue weighted by atomic mass is 127. The van der Waals surface area contributed by atoms with E-state index in [-0.39, 0.29) is 29.9 Å². The molecule has 0 spiro atoms. The van der Waals surface area contributed by atoms with Crippen molar-refractivity contribution < 1.29 is 4.79 Å². The number of aliphatic imine (C=N–C) groups is 1. The van der Waals surface area contributed by atoms with Crippen LogP contribution < -0.4 is 15.5 Å². The zero-order valence-electron chi connectivity index (χ0n) is 18.2. The Morgan fingerprint density at radius 3 is 2.43 bits per heavy atom. The van der Waals surface area contributed by atoms with E-state index < -0.39 is 0 Å². The number of piperazine rings is 1. The maximum Gasteiger partial charge on any atom is 0.225 e. The van der Waals surface area contributed by atoms with Crippen LogP contribution in [0.25, 0.3) is 0 Å². The van der Waals surface area contributed by atoms with Crippen LogP contribution in [0.15, 0.2) is 23.5 Å². The number of carbonyl (C=O) groups excluding carboxylic acids is 1. The predicted octanol–water partition coefficient (Wildman–Crippen LogP) is 2.27. The van der Waals surface area contributed by atoms with E-state index in [4.69, 9.17) is 0 Å². The van der Waals surface area contributed by atoms with Crippen LogP contribution in [-0.2, 0) is 4.79 Å². The van der Waals surface area contributed by atoms with Crippen molar-refractivity contribution in [1.29, 1.82) is 0 Å². The normalized spacial score (nSPS) is 22.3. The molecule has 8 nitrogen and oxygen atoms in total. The van der Waals surface area contributed by atoms with Crippen LogP contribution >= 0.6 is 24.0 Å². The summed E-state index contributed by atoms with van der Waals surface area (Å²) in [4.78, 5) is 29.8. The van der Waals surface area contributed by atoms with Gasteiger partial charge in [0, 0.05) is 57.6 Å². The summed E-state index contributed by atoms with van der Waals surface area (Å²) in [7, 11) is 0. The Morgan fingerprint density at radius 2 is 1.80 bits per heavy atom. The molecule has 2 N–H and O–H groups in total. The van der Waals surface area contributed by atoms with E-state index in [9.17, 15) is 4.79 Å². The highest BCUT2D eigenvalue weighted by Gasteiger charge is 2.22. The molecule has 0 aromatic carbocycles. The highest BCUT2D eigenvalue weighted by Crippen LogP contribution is 2.23. The van der Waals surface area contributed by atoms with Gasteiger partial charge in [-0.1, -0.05) is 6.92 Å². The molecule has 1 aromatic rings. The Labute approximate surface area is 197 Å². The first kappa shape index (κ1) is 24.6. The lowest BCUT2D eigenvalue weighted by Gasteiger charge is -2.34. The average molecular weight is 529 g/mol. The summed E-state index contributed by atoms with van der Waals surface area (Å²) < 4.78 is 0. The van der Waals surface area contributed by atoms with E-state index in [1.165, 1.54) is 25.7 Å². The van der Waals surface area contributed by atoms with E-state index in [1.807, 2.05) is 11.0 Å². The van der Waals surface area contributed by atoms with Crippen molar-refractivity contribution in [3.05, 3.63) is 18.5 Å². The molecule has 1 aliphatic heterocycles. The Balaban J connectivity index is 0.00000320. The largest absolute Gasteiger partial charge is 0.357 e. The highest BCUT2D eigenvalue weighted by molar-refractivity contribution is 14.0. The summed E-state index contributed by atoms with van der Waals surface area (Å²) in [5.41, 5.74) is 0. The van der Waals surface area contributed by atoms with E-state index in [2.05, 4.69) is 44.3 Å². The molecule has 30 heavy (non-hydrogen) atoms. The fraction of sp³-hybridized carbons (Fsp3) is 0.714. The van der Waals surface area contributed by atoms with Crippen molar-refractivity contribution in [2.24, 2.45) is 10.9 Å². The number of aromatic nitrogens is 2. The van der Waals surface area contributed by atoms with Crippen molar-refractivity contribution in [2.75, 3.05) is 44.2 Å². The van der Waals surface area contributed by atoms with Gasteiger partial charge in [0.1, 0.15) is 0 Å². The van der Waals surface area contributed by atoms with E-state index in [0.29, 0.717) is 32.1 Å². The average Bonchev–Trinajstić information content (AvgIpc) is 2.76. The van der Waals surface area contributed by atoms with Gasteiger partial charge in [-0.3, -0.25) is 9.79 Å². The number of amides is 1. The van der Waals surface area contributed by atoms with Gasteiger partial charge in [-0.05, 0) is 44.6 Å². The molecular weight excluding hydrogens is 493 g/mol. The van der Waals surface area contributed by atoms with Gasteiger partial charge in [-0.25, -0.2) is 9.97 Å². The number of rotatable bonds is 6. The number of hydrogen-bond donors (Lipinski definition) is 2. The second-order valence-corrected chi connectivity index (χ2v) is 8.03. The van der Waals surface area contributed by atoms with Crippen LogP contribution in [-0.4, -0.2) is 72.0 Å². The first-order valence-corrected chi connectivity index (χ1v) is 11.0. The van der Waals surface area contributed by atoms with Crippen LogP contribution in [0.2, 0.25) is 0 Å². The molecule has 1 aromatic heterocycles. The van der Waals surface area contributed by atoms with Gasteiger partial charge >= 0.3 is 0 Å². The Bertz CT molecular complexity index is 657.